The molecule has 1 aromatic carbocycles. The molecule has 2 rings (SSSR count). The van der Waals surface area contributed by atoms with Crippen LogP contribution >= 0.6 is 0 Å². The number of nitrogens with zero attached hydrogens (tertiary/aromatic N) is 2. The van der Waals surface area contributed by atoms with Gasteiger partial charge in [0.25, 0.3) is 0 Å². The third-order valence-electron chi connectivity index (χ3n) is 2.90. The average Bonchev–Trinajstić information content (AvgIpc) is 2.67. The molecule has 2 aromatic rings. The van der Waals surface area contributed by atoms with Crippen molar-refractivity contribution < 1.29 is 18.3 Å². The average molecular weight is 311 g/mol. The summed E-state index contributed by atoms with van der Waals surface area (Å²) in [4.78, 5) is 15.1. The molecular formula is C13H17N3O4S. The Bertz CT molecular complexity index is 793. The largest absolute Gasteiger partial charge is 0.478 e. The number of hydrogen-bond acceptors (Lipinski definition) is 4. The van der Waals surface area contributed by atoms with E-state index in [2.05, 4.69) is 9.71 Å². The predicted octanol–water partition coefficient (Wildman–Crippen LogP) is 1.06. The first-order chi connectivity index (χ1) is 9.57. The minimum atomic E-state index is -3.32. The maximum absolute atomic E-state index is 11.4. The number of nitrogens with one attached hydrogen (secondary N) is 1. The second kappa shape index (κ2) is 5.12. The second-order valence-corrected chi connectivity index (χ2v) is 7.39. The molecule has 7 nitrogen and oxygen atoms in total. The van der Waals surface area contributed by atoms with Crippen molar-refractivity contribution >= 4 is 27.0 Å². The number of sulfonamides is 1. The highest BCUT2D eigenvalue weighted by Gasteiger charge is 2.23. The highest BCUT2D eigenvalue weighted by Crippen LogP contribution is 2.18. The van der Waals surface area contributed by atoms with Gasteiger partial charge in [-0.3, -0.25) is 0 Å². The van der Waals surface area contributed by atoms with Gasteiger partial charge >= 0.3 is 5.97 Å². The second-order valence-electron chi connectivity index (χ2n) is 5.64. The number of rotatable bonds is 5. The van der Waals surface area contributed by atoms with Gasteiger partial charge < -0.3 is 9.67 Å². The van der Waals surface area contributed by atoms with Crippen molar-refractivity contribution in [3.63, 3.8) is 0 Å². The summed E-state index contributed by atoms with van der Waals surface area (Å²) in [6, 6.07) is 4.66. The number of imidazole rings is 1. The standard InChI is InChI=1S/C13H17N3O4S/c1-13(2,15-21(3,19)20)7-16-8-14-10-6-9(12(17)18)4-5-11(10)16/h4-6,8,15H,7H2,1-3H3,(H,17,18). The summed E-state index contributed by atoms with van der Waals surface area (Å²) in [6.07, 6.45) is 2.68. The molecule has 0 radical (unpaired) electrons. The maximum Gasteiger partial charge on any atom is 0.335 e. The molecular weight excluding hydrogens is 294 g/mol. The Kier molecular flexibility index (Phi) is 3.77. The number of carboxylic acid groups (broad SMARTS) is 1. The molecule has 2 N–H and O–H groups in total. The van der Waals surface area contributed by atoms with Gasteiger partial charge in [-0.25, -0.2) is 22.9 Å². The van der Waals surface area contributed by atoms with Gasteiger partial charge in [0, 0.05) is 12.1 Å². The lowest BCUT2D eigenvalue weighted by molar-refractivity contribution is 0.0697. The molecule has 0 fully saturated rings. The summed E-state index contributed by atoms with van der Waals surface area (Å²) < 4.78 is 27.1. The van der Waals surface area contributed by atoms with E-state index < -0.39 is 21.5 Å². The number of benzene rings is 1. The molecule has 0 atom stereocenters. The van der Waals surface area contributed by atoms with Crippen LogP contribution < -0.4 is 4.72 Å². The minimum absolute atomic E-state index is 0.168. The van der Waals surface area contributed by atoms with Gasteiger partial charge in [-0.2, -0.15) is 0 Å². The van der Waals surface area contributed by atoms with E-state index in [9.17, 15) is 13.2 Å². The summed E-state index contributed by atoms with van der Waals surface area (Å²) in [5, 5.41) is 8.95. The summed E-state index contributed by atoms with van der Waals surface area (Å²) in [6.45, 7) is 3.92. The number of aromatic nitrogens is 2. The van der Waals surface area contributed by atoms with Crippen LogP contribution in [0.2, 0.25) is 0 Å². The van der Waals surface area contributed by atoms with Crippen molar-refractivity contribution in [1.82, 2.24) is 14.3 Å². The van der Waals surface area contributed by atoms with E-state index in [4.69, 9.17) is 5.11 Å². The Morgan fingerprint density at radius 2 is 2.10 bits per heavy atom. The molecule has 21 heavy (non-hydrogen) atoms. The van der Waals surface area contributed by atoms with Crippen LogP contribution in [0.4, 0.5) is 0 Å². The normalized spacial score (nSPS) is 12.7. The lowest BCUT2D eigenvalue weighted by Gasteiger charge is -2.25. The van der Waals surface area contributed by atoms with Crippen LogP contribution in [-0.2, 0) is 16.6 Å². The molecule has 0 amide bonds. The smallest absolute Gasteiger partial charge is 0.335 e. The highest BCUT2D eigenvalue weighted by atomic mass is 32.2. The van der Waals surface area contributed by atoms with Crippen molar-refractivity contribution in [3.05, 3.63) is 30.1 Å². The molecule has 8 heteroatoms. The van der Waals surface area contributed by atoms with Crippen LogP contribution in [0.5, 0.6) is 0 Å². The summed E-state index contributed by atoms with van der Waals surface area (Å²) >= 11 is 0. The van der Waals surface area contributed by atoms with E-state index in [0.717, 1.165) is 11.8 Å². The van der Waals surface area contributed by atoms with Gasteiger partial charge in [0.2, 0.25) is 10.0 Å². The number of carboxylic acids is 1. The number of fused-ring (bicyclic) bond motifs is 1. The molecule has 0 aliphatic rings. The Labute approximate surface area is 122 Å². The lowest BCUT2D eigenvalue weighted by Crippen LogP contribution is -2.45. The topological polar surface area (TPSA) is 101 Å². The lowest BCUT2D eigenvalue weighted by atomic mass is 10.1. The van der Waals surface area contributed by atoms with E-state index in [0.29, 0.717) is 12.1 Å². The Morgan fingerprint density at radius 1 is 1.43 bits per heavy atom. The van der Waals surface area contributed by atoms with Gasteiger partial charge in [-0.1, -0.05) is 0 Å². The van der Waals surface area contributed by atoms with Crippen LogP contribution in [0.15, 0.2) is 24.5 Å². The summed E-state index contributed by atoms with van der Waals surface area (Å²) in [5.41, 5.74) is 0.793. The molecule has 0 saturated heterocycles. The summed E-state index contributed by atoms with van der Waals surface area (Å²) in [7, 11) is -3.32. The van der Waals surface area contributed by atoms with Crippen LogP contribution in [0.25, 0.3) is 11.0 Å². The quantitative estimate of drug-likeness (QED) is 0.860. The molecule has 0 unspecified atom stereocenters. The third kappa shape index (κ3) is 3.79. The molecule has 0 bridgehead atoms. The minimum Gasteiger partial charge on any atom is -0.478 e. The zero-order chi connectivity index (χ0) is 15.8. The predicted molar refractivity (Wildman–Crippen MR) is 78.8 cm³/mol. The van der Waals surface area contributed by atoms with E-state index in [1.165, 1.54) is 12.1 Å². The number of aromatic carboxylic acids is 1. The van der Waals surface area contributed by atoms with Gasteiger partial charge in [-0.05, 0) is 32.0 Å². The first kappa shape index (κ1) is 15.5. The van der Waals surface area contributed by atoms with Gasteiger partial charge in [0.1, 0.15) is 0 Å². The fraction of sp³-hybridized carbons (Fsp3) is 0.385. The Morgan fingerprint density at radius 3 is 2.67 bits per heavy atom. The highest BCUT2D eigenvalue weighted by molar-refractivity contribution is 7.88. The molecule has 0 aliphatic carbocycles. The molecule has 0 saturated carbocycles. The van der Waals surface area contributed by atoms with Crippen molar-refractivity contribution in [2.24, 2.45) is 0 Å². The van der Waals surface area contributed by atoms with Crippen molar-refractivity contribution in [3.8, 4) is 0 Å². The Hall–Kier alpha value is -1.93. The third-order valence-corrected chi connectivity index (χ3v) is 3.82. The van der Waals surface area contributed by atoms with Crippen molar-refractivity contribution in [2.75, 3.05) is 6.26 Å². The fourth-order valence-electron chi connectivity index (χ4n) is 2.28. The molecule has 0 aliphatic heterocycles. The maximum atomic E-state index is 11.4. The zero-order valence-electron chi connectivity index (χ0n) is 12.0. The van der Waals surface area contributed by atoms with Crippen LogP contribution in [0.1, 0.15) is 24.2 Å². The van der Waals surface area contributed by atoms with E-state index >= 15 is 0 Å². The van der Waals surface area contributed by atoms with Crippen LogP contribution in [0.3, 0.4) is 0 Å². The first-order valence-electron chi connectivity index (χ1n) is 6.24. The summed E-state index contributed by atoms with van der Waals surface area (Å²) in [5.74, 6) is -1.01. The van der Waals surface area contributed by atoms with Gasteiger partial charge in [-0.15, -0.1) is 0 Å². The van der Waals surface area contributed by atoms with Crippen LogP contribution in [0, 0.1) is 0 Å². The molecule has 0 spiro atoms. The van der Waals surface area contributed by atoms with Crippen molar-refractivity contribution in [1.29, 1.82) is 0 Å². The number of carbonyl (C=O) groups is 1. The monoisotopic (exact) mass is 311 g/mol. The van der Waals surface area contributed by atoms with Gasteiger partial charge in [0.05, 0.1) is 29.2 Å². The zero-order valence-corrected chi connectivity index (χ0v) is 12.8. The molecule has 1 aromatic heterocycles. The van der Waals surface area contributed by atoms with Crippen molar-refractivity contribution in [2.45, 2.75) is 25.9 Å². The SMILES string of the molecule is CC(C)(Cn1cnc2cc(C(=O)O)ccc21)NS(C)(=O)=O. The van der Waals surface area contributed by atoms with E-state index in [-0.39, 0.29) is 5.56 Å². The molecule has 1 heterocycles. The fourth-order valence-corrected chi connectivity index (χ4v) is 3.35. The first-order valence-corrected chi connectivity index (χ1v) is 8.14. The molecule has 114 valence electrons. The van der Waals surface area contributed by atoms with Gasteiger partial charge in [0.15, 0.2) is 0 Å². The van der Waals surface area contributed by atoms with E-state index in [1.54, 1.807) is 30.8 Å². The Balaban J connectivity index is 2.33. The number of hydrogen-bond donors (Lipinski definition) is 2. The van der Waals surface area contributed by atoms with Crippen LogP contribution in [-0.4, -0.2) is 40.8 Å². The van der Waals surface area contributed by atoms with E-state index in [1.807, 2.05) is 0 Å².